The molecule has 4 nitrogen and oxygen atoms in total. The largest absolute Gasteiger partial charge is 0.309 e. The quantitative estimate of drug-likeness (QED) is 0.156. The van der Waals surface area contributed by atoms with Crippen LogP contribution in [0.25, 0.3) is 143 Å². The summed E-state index contributed by atoms with van der Waals surface area (Å²) in [6.45, 7) is 9.44. The zero-order valence-corrected chi connectivity index (χ0v) is 59.7. The van der Waals surface area contributed by atoms with E-state index in [4.69, 9.17) is 0 Å². The molecule has 2 aromatic heterocycles. The fourth-order valence-electron chi connectivity index (χ4n) is 18.7. The van der Waals surface area contributed by atoms with Crippen molar-refractivity contribution >= 4 is 111 Å². The van der Waals surface area contributed by atoms with Crippen molar-refractivity contribution in [3.63, 3.8) is 0 Å². The highest BCUT2D eigenvalue weighted by Crippen LogP contribution is 2.59. The molecular weight excluding hydrogens is 1300 g/mol. The maximum Gasteiger partial charge on any atom is 0.172 e. The monoisotopic (exact) mass is 1370 g/mol. The van der Waals surface area contributed by atoms with Crippen molar-refractivity contribution in [3.8, 4) is 78.1 Å². The van der Waals surface area contributed by atoms with Crippen LogP contribution in [0.4, 0.5) is 0 Å². The molecule has 0 spiro atoms. The van der Waals surface area contributed by atoms with Crippen LogP contribution in [0.3, 0.4) is 0 Å². The third-order valence-corrected chi connectivity index (χ3v) is 30.0. The van der Waals surface area contributed by atoms with Gasteiger partial charge < -0.3 is 18.3 Å². The third kappa shape index (κ3) is 8.44. The molecule has 2 unspecified atom stereocenters. The molecule has 4 aliphatic rings. The molecule has 2 aliphatic heterocycles. The Morgan fingerprint density at radius 1 is 0.250 bits per heavy atom. The first kappa shape index (κ1) is 60.8. The van der Waals surface area contributed by atoms with Gasteiger partial charge in [0, 0.05) is 75.6 Å². The topological polar surface area (TPSA) is 44.0 Å². The van der Waals surface area contributed by atoms with Gasteiger partial charge >= 0.3 is 0 Å². The van der Waals surface area contributed by atoms with Crippen molar-refractivity contribution in [3.05, 3.63) is 362 Å². The number of benzene rings is 16. The Morgan fingerprint density at radius 3 is 1.16 bits per heavy atom. The molecule has 492 valence electrons. The van der Waals surface area contributed by atoms with E-state index in [1.807, 2.05) is 72.8 Å². The van der Waals surface area contributed by atoms with Gasteiger partial charge in [-0.05, 0) is 177 Å². The third-order valence-electron chi connectivity index (χ3n) is 23.6. The minimum absolute atomic E-state index is 0.196. The van der Waals surface area contributed by atoms with Crippen LogP contribution >= 0.6 is 14.3 Å². The molecule has 0 saturated carbocycles. The summed E-state index contributed by atoms with van der Waals surface area (Å²) >= 11 is 0. The molecule has 4 heterocycles. The van der Waals surface area contributed by atoms with Gasteiger partial charge in [0.2, 0.25) is 0 Å². The van der Waals surface area contributed by atoms with Crippen molar-refractivity contribution < 1.29 is 9.13 Å². The van der Waals surface area contributed by atoms with E-state index in [0.29, 0.717) is 0 Å². The molecule has 0 bridgehead atoms. The van der Waals surface area contributed by atoms with E-state index in [0.717, 1.165) is 109 Å². The van der Waals surface area contributed by atoms with Crippen LogP contribution in [0.1, 0.15) is 49.9 Å². The molecule has 2 atom stereocenters. The summed E-state index contributed by atoms with van der Waals surface area (Å²) in [6, 6.07) is 122. The number of para-hydroxylation sites is 2. The highest BCUT2D eigenvalue weighted by Gasteiger charge is 2.45. The van der Waals surface area contributed by atoms with Gasteiger partial charge in [-0.1, -0.05) is 301 Å². The average molecular weight is 1370 g/mol. The number of hydrogen-bond donors (Lipinski definition) is 0. The highest BCUT2D eigenvalue weighted by molar-refractivity contribution is 7.87. The Kier molecular flexibility index (Phi) is 13.0. The van der Waals surface area contributed by atoms with Gasteiger partial charge in [0.25, 0.3) is 0 Å². The number of fused-ring (bicyclic) bond motifs is 22. The molecule has 16 aromatic carbocycles. The molecule has 0 N–H and O–H groups in total. The lowest BCUT2D eigenvalue weighted by molar-refractivity contribution is 0.592. The average Bonchev–Trinajstić information content (AvgIpc) is 1.53. The van der Waals surface area contributed by atoms with Crippen LogP contribution in [0.15, 0.2) is 340 Å². The summed E-state index contributed by atoms with van der Waals surface area (Å²) in [4.78, 5) is 0. The fourth-order valence-corrected chi connectivity index (χ4v) is 25.2. The van der Waals surface area contributed by atoms with Crippen LogP contribution in [0.5, 0.6) is 0 Å². The van der Waals surface area contributed by atoms with E-state index in [1.165, 1.54) is 88.3 Å². The molecule has 0 saturated heterocycles. The molecule has 18 aromatic rings. The lowest BCUT2D eigenvalue weighted by atomic mass is 9.81. The van der Waals surface area contributed by atoms with Crippen molar-refractivity contribution in [2.45, 2.75) is 38.5 Å². The van der Waals surface area contributed by atoms with Gasteiger partial charge in [0.15, 0.2) is 14.3 Å². The summed E-state index contributed by atoms with van der Waals surface area (Å²) < 4.78 is 36.4. The summed E-state index contributed by atoms with van der Waals surface area (Å²) in [5.74, 6) is 0. The predicted molar refractivity (Wildman–Crippen MR) is 439 cm³/mol. The van der Waals surface area contributed by atoms with Gasteiger partial charge in [0.1, 0.15) is 0 Å². The van der Waals surface area contributed by atoms with Gasteiger partial charge in [-0.25, -0.2) is 0 Å². The molecule has 22 rings (SSSR count). The Balaban J connectivity index is 0.000000134. The van der Waals surface area contributed by atoms with Gasteiger partial charge in [-0.2, -0.15) is 0 Å². The Hall–Kier alpha value is -11.9. The molecule has 2 aliphatic carbocycles. The van der Waals surface area contributed by atoms with E-state index >= 15 is 9.13 Å². The van der Waals surface area contributed by atoms with Crippen molar-refractivity contribution in [2.24, 2.45) is 0 Å². The SMILES string of the molecule is CC1(C)c2cc(-c3ccc4ccccc4c3)ccc2-c2ccc(-n3c4ccccc4c4c5c(ccc43)-c3ccccc3P5(=O)c3ccccc3)cc21.CC1(C)c2cc(-c3cccc4ccccc34)ccc2-c2ccc(-n3c4ccccc4c4c5c(ccc43)-c3ccccc3P5(=O)c3ccccc3)cc21. The fraction of sp³-hybridized carbons (Fsp3) is 0.0612. The first-order chi connectivity index (χ1) is 50.9. The zero-order valence-electron chi connectivity index (χ0n) is 57.9. The molecule has 0 fully saturated rings. The Labute approximate surface area is 604 Å². The summed E-state index contributed by atoms with van der Waals surface area (Å²) in [5, 5.41) is 15.0. The Morgan fingerprint density at radius 2 is 0.625 bits per heavy atom. The van der Waals surface area contributed by atoms with E-state index in [9.17, 15) is 0 Å². The molecule has 0 radical (unpaired) electrons. The standard InChI is InChI=1S/2C49H34NOP/c1-49(2)42-29-32(36-20-12-14-31-13-6-7-17-35(31)36)23-25-37(42)38-26-24-33(30-43(38)49)50-44-21-10-8-19-41(44)47-45(50)28-27-40-39-18-9-11-22-46(39)52(51,48(40)47)34-15-4-3-5-16-34;1-49(2)42-29-34(33-21-20-31-12-6-7-13-32(31)28-33)22-24-37(42)38-25-23-35(30-43(38)49)50-44-18-10-8-17-41(44)47-45(50)27-26-40-39-16-9-11-19-46(39)52(51,48(40)47)36-14-4-3-5-15-36/h2*3-30H,1-2H3. The smallest absolute Gasteiger partial charge is 0.172 e. The van der Waals surface area contributed by atoms with Crippen LogP contribution in [0.2, 0.25) is 0 Å². The number of nitrogens with zero attached hydrogens (tertiary/aromatic N) is 2. The first-order valence-electron chi connectivity index (χ1n) is 36.1. The van der Waals surface area contributed by atoms with E-state index in [-0.39, 0.29) is 10.8 Å². The molecule has 104 heavy (non-hydrogen) atoms. The highest BCUT2D eigenvalue weighted by atomic mass is 31.2. The summed E-state index contributed by atoms with van der Waals surface area (Å²) in [6.07, 6.45) is 0. The Bertz CT molecular complexity index is 6860. The lowest BCUT2D eigenvalue weighted by Gasteiger charge is -2.23. The van der Waals surface area contributed by atoms with Crippen LogP contribution in [0, 0.1) is 0 Å². The van der Waals surface area contributed by atoms with Crippen molar-refractivity contribution in [1.82, 2.24) is 9.13 Å². The van der Waals surface area contributed by atoms with Gasteiger partial charge in [0.05, 0.1) is 22.1 Å². The zero-order chi connectivity index (χ0) is 69.5. The van der Waals surface area contributed by atoms with E-state index < -0.39 is 14.3 Å². The number of hydrogen-bond acceptors (Lipinski definition) is 2. The maximum atomic E-state index is 15.8. The maximum absolute atomic E-state index is 15.8. The number of rotatable bonds is 6. The van der Waals surface area contributed by atoms with Crippen molar-refractivity contribution in [1.29, 1.82) is 0 Å². The van der Waals surface area contributed by atoms with Gasteiger partial charge in [-0.15, -0.1) is 0 Å². The second kappa shape index (κ2) is 22.3. The summed E-state index contributed by atoms with van der Waals surface area (Å²) in [7, 11) is -6.32. The minimum Gasteiger partial charge on any atom is -0.309 e. The second-order valence-electron chi connectivity index (χ2n) is 29.7. The molecule has 6 heteroatoms. The van der Waals surface area contributed by atoms with Crippen LogP contribution < -0.4 is 31.8 Å². The van der Waals surface area contributed by atoms with E-state index in [2.05, 4.69) is 304 Å². The molecular formula is C98H68N2O2P2. The van der Waals surface area contributed by atoms with Crippen molar-refractivity contribution in [2.75, 3.05) is 0 Å². The van der Waals surface area contributed by atoms with Crippen LogP contribution in [-0.4, -0.2) is 9.13 Å². The number of aromatic nitrogens is 2. The van der Waals surface area contributed by atoms with Gasteiger partial charge in [-0.3, -0.25) is 0 Å². The summed E-state index contributed by atoms with van der Waals surface area (Å²) in [5.41, 5.74) is 26.1. The normalized spacial score (nSPS) is 16.6. The van der Waals surface area contributed by atoms with Crippen LogP contribution in [-0.2, 0) is 20.0 Å². The first-order valence-corrected chi connectivity index (χ1v) is 39.5. The second-order valence-corrected chi connectivity index (χ2v) is 35.0. The molecule has 0 amide bonds. The van der Waals surface area contributed by atoms with E-state index in [1.54, 1.807) is 0 Å². The predicted octanol–water partition coefficient (Wildman–Crippen LogP) is 23.1. The lowest BCUT2D eigenvalue weighted by Crippen LogP contribution is -2.21. The minimum atomic E-state index is -3.16.